The molecule has 0 bridgehead atoms. The number of nitrogens with zero attached hydrogens (tertiary/aromatic N) is 3. The number of para-hydroxylation sites is 1. The Hall–Kier alpha value is -3.48. The zero-order valence-electron chi connectivity index (χ0n) is 22.9. The lowest BCUT2D eigenvalue weighted by atomic mass is 10.1. The quantitative estimate of drug-likeness (QED) is 0.281. The highest BCUT2D eigenvalue weighted by Gasteiger charge is 2.18. The molecule has 0 unspecified atom stereocenters. The summed E-state index contributed by atoms with van der Waals surface area (Å²) in [6, 6.07) is 23.2. The van der Waals surface area contributed by atoms with Crippen molar-refractivity contribution in [3.63, 3.8) is 0 Å². The van der Waals surface area contributed by atoms with E-state index in [4.69, 9.17) is 0 Å². The molecular formula is C33H39FN4O. The average molecular weight is 527 g/mol. The number of rotatable bonds is 10. The Kier molecular flexibility index (Phi) is 9.07. The van der Waals surface area contributed by atoms with Crippen LogP contribution in [0.3, 0.4) is 0 Å². The van der Waals surface area contributed by atoms with Crippen LogP contribution < -0.4 is 5.32 Å². The summed E-state index contributed by atoms with van der Waals surface area (Å²) in [6.45, 7) is 9.72. The summed E-state index contributed by atoms with van der Waals surface area (Å²) < 4.78 is 15.5. The Morgan fingerprint density at radius 3 is 2.41 bits per heavy atom. The molecule has 0 saturated carbocycles. The maximum Gasteiger partial charge on any atom is 0.253 e. The summed E-state index contributed by atoms with van der Waals surface area (Å²) in [4.78, 5) is 18.3. The van der Waals surface area contributed by atoms with Crippen molar-refractivity contribution in [3.05, 3.63) is 107 Å². The second-order valence-corrected chi connectivity index (χ2v) is 10.5. The molecule has 3 aromatic carbocycles. The van der Waals surface area contributed by atoms with E-state index in [0.29, 0.717) is 6.54 Å². The number of aromatic nitrogens is 1. The summed E-state index contributed by atoms with van der Waals surface area (Å²) in [7, 11) is 0. The zero-order chi connectivity index (χ0) is 27.0. The molecule has 6 heteroatoms. The third-order valence-electron chi connectivity index (χ3n) is 7.78. The third-order valence-corrected chi connectivity index (χ3v) is 7.78. The van der Waals surface area contributed by atoms with Gasteiger partial charge in [-0.2, -0.15) is 0 Å². The molecule has 5 rings (SSSR count). The molecule has 1 aliphatic rings. The second kappa shape index (κ2) is 13.0. The van der Waals surface area contributed by atoms with Crippen LogP contribution in [0, 0.1) is 5.82 Å². The van der Waals surface area contributed by atoms with Gasteiger partial charge in [-0.15, -0.1) is 0 Å². The number of benzene rings is 3. The fourth-order valence-electron chi connectivity index (χ4n) is 5.67. The van der Waals surface area contributed by atoms with Crippen LogP contribution in [0.5, 0.6) is 0 Å². The maximum absolute atomic E-state index is 13.2. The van der Waals surface area contributed by atoms with Gasteiger partial charge in [-0.3, -0.25) is 9.69 Å². The molecule has 4 aromatic rings. The molecule has 1 fully saturated rings. The first kappa shape index (κ1) is 27.1. The molecule has 5 nitrogen and oxygen atoms in total. The number of carbonyl (C=O) groups is 1. The Bertz CT molecular complexity index is 1370. The van der Waals surface area contributed by atoms with Crippen molar-refractivity contribution in [1.82, 2.24) is 19.7 Å². The van der Waals surface area contributed by atoms with Gasteiger partial charge in [-0.25, -0.2) is 4.39 Å². The van der Waals surface area contributed by atoms with Gasteiger partial charge < -0.3 is 14.8 Å². The SMILES string of the molecule is CCc1cccc2c(C(=O)NCc3ccccc3)cn(CCCN3CCCN(Cc4ccc(F)cc4)CC3)c12. The fraction of sp³-hybridized carbons (Fsp3) is 0.364. The van der Waals surface area contributed by atoms with Crippen molar-refractivity contribution in [2.24, 2.45) is 0 Å². The monoisotopic (exact) mass is 526 g/mol. The number of nitrogens with one attached hydrogen (secondary N) is 1. The smallest absolute Gasteiger partial charge is 0.253 e. The van der Waals surface area contributed by atoms with Crippen LogP contribution in [0.25, 0.3) is 10.9 Å². The summed E-state index contributed by atoms with van der Waals surface area (Å²) in [6.07, 6.45) is 5.16. The van der Waals surface area contributed by atoms with Gasteiger partial charge in [0.15, 0.2) is 0 Å². The molecule has 39 heavy (non-hydrogen) atoms. The highest BCUT2D eigenvalue weighted by molar-refractivity contribution is 6.07. The van der Waals surface area contributed by atoms with E-state index in [1.54, 1.807) is 12.1 Å². The normalized spacial score (nSPS) is 14.9. The van der Waals surface area contributed by atoms with E-state index in [1.165, 1.54) is 16.6 Å². The van der Waals surface area contributed by atoms with E-state index in [2.05, 4.69) is 51.0 Å². The molecule has 1 aromatic heterocycles. The van der Waals surface area contributed by atoms with Crippen LogP contribution in [-0.2, 0) is 26.1 Å². The molecule has 1 amide bonds. The predicted octanol–water partition coefficient (Wildman–Crippen LogP) is 5.87. The summed E-state index contributed by atoms with van der Waals surface area (Å²) >= 11 is 0. The van der Waals surface area contributed by atoms with Gasteiger partial charge in [0.1, 0.15) is 5.82 Å². The van der Waals surface area contributed by atoms with Crippen molar-refractivity contribution < 1.29 is 9.18 Å². The number of aryl methyl sites for hydroxylation is 2. The lowest BCUT2D eigenvalue weighted by Crippen LogP contribution is -2.31. The predicted molar refractivity (Wildman–Crippen MR) is 156 cm³/mol. The van der Waals surface area contributed by atoms with Crippen molar-refractivity contribution in [2.45, 2.75) is 45.8 Å². The maximum atomic E-state index is 13.2. The number of hydrogen-bond acceptors (Lipinski definition) is 3. The van der Waals surface area contributed by atoms with Crippen molar-refractivity contribution in [1.29, 1.82) is 0 Å². The van der Waals surface area contributed by atoms with Crippen LogP contribution in [0.4, 0.5) is 4.39 Å². The van der Waals surface area contributed by atoms with Gasteiger partial charge in [-0.1, -0.05) is 67.6 Å². The zero-order valence-corrected chi connectivity index (χ0v) is 22.9. The van der Waals surface area contributed by atoms with Crippen LogP contribution >= 0.6 is 0 Å². The largest absolute Gasteiger partial charge is 0.348 e. The van der Waals surface area contributed by atoms with Crippen molar-refractivity contribution in [3.8, 4) is 0 Å². The van der Waals surface area contributed by atoms with Gasteiger partial charge in [0.05, 0.1) is 11.1 Å². The van der Waals surface area contributed by atoms with E-state index >= 15 is 0 Å². The number of halogens is 1. The minimum Gasteiger partial charge on any atom is -0.348 e. The first-order chi connectivity index (χ1) is 19.1. The summed E-state index contributed by atoms with van der Waals surface area (Å²) in [5.41, 5.74) is 5.48. The van der Waals surface area contributed by atoms with Gasteiger partial charge in [0, 0.05) is 44.3 Å². The topological polar surface area (TPSA) is 40.5 Å². The van der Waals surface area contributed by atoms with E-state index in [0.717, 1.165) is 81.6 Å². The fourth-order valence-corrected chi connectivity index (χ4v) is 5.67. The first-order valence-corrected chi connectivity index (χ1v) is 14.2. The molecule has 0 spiro atoms. The van der Waals surface area contributed by atoms with E-state index in [1.807, 2.05) is 42.5 Å². The number of hydrogen-bond donors (Lipinski definition) is 1. The highest BCUT2D eigenvalue weighted by Crippen LogP contribution is 2.26. The molecule has 1 saturated heterocycles. The molecule has 0 radical (unpaired) electrons. The van der Waals surface area contributed by atoms with Gasteiger partial charge in [0.25, 0.3) is 5.91 Å². The number of amides is 1. The highest BCUT2D eigenvalue weighted by atomic mass is 19.1. The summed E-state index contributed by atoms with van der Waals surface area (Å²) in [5.74, 6) is -0.202. The standard InChI is InChI=1S/C33H39FN4O/c1-2-28-11-6-12-30-31(33(39)35-23-26-9-4-3-5-10-26)25-38(32(28)30)20-8-18-36-17-7-19-37(22-21-36)24-27-13-15-29(34)16-14-27/h3-6,9-16,25H,2,7-8,17-24H2,1H3,(H,35,39). The van der Waals surface area contributed by atoms with Crippen molar-refractivity contribution in [2.75, 3.05) is 32.7 Å². The average Bonchev–Trinajstić information content (AvgIpc) is 3.20. The molecular weight excluding hydrogens is 487 g/mol. The molecule has 0 aliphatic carbocycles. The third kappa shape index (κ3) is 6.94. The Balaban J connectivity index is 1.20. The molecule has 0 atom stereocenters. The van der Waals surface area contributed by atoms with E-state index in [-0.39, 0.29) is 11.7 Å². The number of carbonyl (C=O) groups excluding carboxylic acids is 1. The van der Waals surface area contributed by atoms with Crippen LogP contribution in [0.2, 0.25) is 0 Å². The lowest BCUT2D eigenvalue weighted by molar-refractivity contribution is 0.0952. The van der Waals surface area contributed by atoms with Gasteiger partial charge >= 0.3 is 0 Å². The molecule has 1 N–H and O–H groups in total. The Morgan fingerprint density at radius 1 is 0.846 bits per heavy atom. The summed E-state index contributed by atoms with van der Waals surface area (Å²) in [5, 5.41) is 4.15. The van der Waals surface area contributed by atoms with Gasteiger partial charge in [-0.05, 0) is 67.7 Å². The lowest BCUT2D eigenvalue weighted by Gasteiger charge is -2.22. The second-order valence-electron chi connectivity index (χ2n) is 10.5. The van der Waals surface area contributed by atoms with E-state index in [9.17, 15) is 9.18 Å². The van der Waals surface area contributed by atoms with Crippen LogP contribution in [-0.4, -0.2) is 53.0 Å². The van der Waals surface area contributed by atoms with E-state index < -0.39 is 0 Å². The molecule has 204 valence electrons. The van der Waals surface area contributed by atoms with Crippen molar-refractivity contribution >= 4 is 16.8 Å². The Morgan fingerprint density at radius 2 is 1.62 bits per heavy atom. The molecule has 2 heterocycles. The first-order valence-electron chi connectivity index (χ1n) is 14.2. The Labute approximate surface area is 231 Å². The van der Waals surface area contributed by atoms with Gasteiger partial charge in [0.2, 0.25) is 0 Å². The number of fused-ring (bicyclic) bond motifs is 1. The molecule has 1 aliphatic heterocycles. The van der Waals surface area contributed by atoms with Crippen LogP contribution in [0.1, 0.15) is 46.8 Å². The van der Waals surface area contributed by atoms with Crippen LogP contribution in [0.15, 0.2) is 79.0 Å². The minimum atomic E-state index is -0.178. The minimum absolute atomic E-state index is 0.0235.